The molecule has 6 heteroatoms. The average Bonchev–Trinajstić information content (AvgIpc) is 2.60. The van der Waals surface area contributed by atoms with Crippen LogP contribution in [-0.2, 0) is 26.2 Å². The zero-order valence-electron chi connectivity index (χ0n) is 18.9. The van der Waals surface area contributed by atoms with Crippen molar-refractivity contribution in [2.45, 2.75) is 78.6 Å². The summed E-state index contributed by atoms with van der Waals surface area (Å²) < 4.78 is 0. The van der Waals surface area contributed by atoms with E-state index < -0.39 is 32.3 Å². The molecule has 0 saturated carbocycles. The van der Waals surface area contributed by atoms with Crippen LogP contribution in [0, 0.1) is 11.3 Å². The van der Waals surface area contributed by atoms with Gasteiger partial charge in [-0.2, -0.15) is 18.2 Å². The van der Waals surface area contributed by atoms with Crippen molar-refractivity contribution in [3.05, 3.63) is 41.7 Å². The molecule has 0 spiro atoms. The van der Waals surface area contributed by atoms with E-state index in [1.165, 1.54) is 0 Å². The molecule has 0 fully saturated rings. The fraction of sp³-hybridized carbons (Fsp3) is 0.632. The Bertz CT molecular complexity index is 312. The third kappa shape index (κ3) is 41.1. The Labute approximate surface area is 189 Å². The third-order valence-corrected chi connectivity index (χ3v) is 16.1. The van der Waals surface area contributed by atoms with Gasteiger partial charge in [-0.15, -0.1) is 32.3 Å². The Balaban J connectivity index is -0.000000131. The van der Waals surface area contributed by atoms with Crippen molar-refractivity contribution in [3.8, 4) is 0 Å². The van der Waals surface area contributed by atoms with Gasteiger partial charge in [0.05, 0.1) is 0 Å². The molecule has 146 valence electrons. The summed E-state index contributed by atoms with van der Waals surface area (Å²) in [5, 5.41) is 0. The summed E-state index contributed by atoms with van der Waals surface area (Å²) in [6.07, 6.45) is 0. The first-order chi connectivity index (χ1) is 9.91. The van der Waals surface area contributed by atoms with Crippen LogP contribution in [0.15, 0.2) is 30.3 Å². The molecule has 0 amide bonds. The van der Waals surface area contributed by atoms with E-state index in [1.54, 1.807) is 0 Å². The van der Waals surface area contributed by atoms with Gasteiger partial charge in [0.2, 0.25) is 0 Å². The Morgan fingerprint density at radius 1 is 0.520 bits per heavy atom. The van der Waals surface area contributed by atoms with E-state index in [2.05, 4.69) is 89.9 Å². The smallest absolute Gasteiger partial charge is 1.00 e. The van der Waals surface area contributed by atoms with Gasteiger partial charge >= 0.3 is 26.2 Å². The van der Waals surface area contributed by atoms with Crippen molar-refractivity contribution >= 4 is 32.3 Å². The van der Waals surface area contributed by atoms with Gasteiger partial charge in [-0.05, 0) is 0 Å². The van der Waals surface area contributed by atoms with Crippen LogP contribution in [-0.4, -0.2) is 32.3 Å². The van der Waals surface area contributed by atoms with Gasteiger partial charge in [0.1, 0.15) is 0 Å². The quantitative estimate of drug-likeness (QED) is 0.419. The molecule has 0 aliphatic rings. The summed E-state index contributed by atoms with van der Waals surface area (Å²) in [5.74, 6) is 0. The molecule has 0 N–H and O–H groups in total. The van der Waals surface area contributed by atoms with Crippen molar-refractivity contribution in [1.29, 1.82) is 0 Å². The SMILES string of the molecule is C[Si](C)(C)[CH-][Si](C)(C)C.C[Si](C)(C)[CH-][Si](C)(C)C.[Cl-].[Zr+4].c1cc[cH-]c1. The van der Waals surface area contributed by atoms with Crippen LogP contribution in [0.3, 0.4) is 0 Å². The Morgan fingerprint density at radius 2 is 0.720 bits per heavy atom. The normalized spacial score (nSPS) is 11.7. The third-order valence-electron chi connectivity index (χ3n) is 2.29. The molecular weight excluding hydrogens is 467 g/mol. The second-order valence-electron chi connectivity index (χ2n) is 10.7. The largest absolute Gasteiger partial charge is 4.00 e. The van der Waals surface area contributed by atoms with Crippen LogP contribution in [0.25, 0.3) is 0 Å². The minimum Gasteiger partial charge on any atom is -1.00 e. The van der Waals surface area contributed by atoms with Crippen LogP contribution in [0.4, 0.5) is 0 Å². The van der Waals surface area contributed by atoms with Gasteiger partial charge in [-0.1, -0.05) is 78.6 Å². The molecule has 1 aromatic carbocycles. The maximum atomic E-state index is 2.65. The maximum Gasteiger partial charge on any atom is 4.00 e. The van der Waals surface area contributed by atoms with Gasteiger partial charge < -0.3 is 23.7 Å². The molecule has 0 aromatic heterocycles. The van der Waals surface area contributed by atoms with Crippen molar-refractivity contribution in [1.82, 2.24) is 0 Å². The Kier molecular flexibility index (Phi) is 19.5. The first kappa shape index (κ1) is 33.9. The van der Waals surface area contributed by atoms with E-state index in [4.69, 9.17) is 0 Å². The topological polar surface area (TPSA) is 0 Å². The summed E-state index contributed by atoms with van der Waals surface area (Å²) in [6, 6.07) is 10.0. The number of rotatable bonds is 4. The van der Waals surface area contributed by atoms with Gasteiger partial charge in [0, 0.05) is 0 Å². The Morgan fingerprint density at radius 3 is 0.760 bits per heavy atom. The molecule has 0 unspecified atom stereocenters. The zero-order valence-corrected chi connectivity index (χ0v) is 26.1. The van der Waals surface area contributed by atoms with Crippen molar-refractivity contribution < 1.29 is 38.6 Å². The fourth-order valence-corrected chi connectivity index (χ4v) is 23.7. The predicted molar refractivity (Wildman–Crippen MR) is 124 cm³/mol. The van der Waals surface area contributed by atoms with Gasteiger partial charge in [-0.3, -0.25) is 0 Å². The minimum absolute atomic E-state index is 0. The fourth-order valence-electron chi connectivity index (χ4n) is 2.92. The molecule has 0 radical (unpaired) electrons. The number of halogens is 1. The van der Waals surface area contributed by atoms with Gasteiger partial charge in [-0.25, -0.2) is 12.1 Å². The summed E-state index contributed by atoms with van der Waals surface area (Å²) >= 11 is 0. The first-order valence-electron chi connectivity index (χ1n) is 8.82. The molecule has 0 heterocycles. The number of hydrogen-bond donors (Lipinski definition) is 0. The molecule has 0 bridgehead atoms. The molecule has 0 nitrogen and oxygen atoms in total. The van der Waals surface area contributed by atoms with Gasteiger partial charge in [0.15, 0.2) is 0 Å². The number of hydrogen-bond acceptors (Lipinski definition) is 0. The second kappa shape index (κ2) is 14.4. The monoisotopic (exact) mass is 508 g/mol. The van der Waals surface area contributed by atoms with Crippen LogP contribution in [0.1, 0.15) is 0 Å². The van der Waals surface area contributed by atoms with E-state index in [-0.39, 0.29) is 38.6 Å². The average molecular weight is 511 g/mol. The van der Waals surface area contributed by atoms with Crippen LogP contribution in [0.2, 0.25) is 78.6 Å². The van der Waals surface area contributed by atoms with E-state index in [1.807, 2.05) is 30.3 Å². The van der Waals surface area contributed by atoms with Crippen LogP contribution < -0.4 is 12.4 Å². The van der Waals surface area contributed by atoms with Crippen LogP contribution >= 0.6 is 0 Å². The van der Waals surface area contributed by atoms with E-state index >= 15 is 0 Å². The molecule has 0 atom stereocenters. The van der Waals surface area contributed by atoms with Crippen LogP contribution in [0.5, 0.6) is 0 Å². The minimum atomic E-state index is -0.856. The molecule has 0 aliphatic carbocycles. The molecule has 0 aliphatic heterocycles. The Hall–Kier alpha value is 1.39. The zero-order chi connectivity index (χ0) is 18.9. The standard InChI is InChI=1S/2C7H19Si2.C5H5.ClH.Zr/c2*1-8(2,3)7-9(4,5)6;1-2-4-5-3-1;;/h2*7H,1-6H3;1-5H;1H;/q3*-1;;+4/p-1. The predicted octanol–water partition coefficient (Wildman–Crippen LogP) is 4.30. The summed E-state index contributed by atoms with van der Waals surface area (Å²) in [6.45, 7) is 28.9. The first-order valence-corrected chi connectivity index (χ1v) is 23.1. The van der Waals surface area contributed by atoms with Gasteiger partial charge in [0.25, 0.3) is 0 Å². The van der Waals surface area contributed by atoms with Crippen molar-refractivity contribution in [3.63, 3.8) is 0 Å². The van der Waals surface area contributed by atoms with Crippen molar-refractivity contribution in [2.24, 2.45) is 0 Å². The summed E-state index contributed by atoms with van der Waals surface area (Å²) in [7, 11) is -3.42. The van der Waals surface area contributed by atoms with E-state index in [0.29, 0.717) is 0 Å². The molecule has 25 heavy (non-hydrogen) atoms. The molecule has 1 rings (SSSR count). The van der Waals surface area contributed by atoms with Crippen molar-refractivity contribution in [2.75, 3.05) is 0 Å². The van der Waals surface area contributed by atoms with E-state index in [9.17, 15) is 0 Å². The second-order valence-corrected chi connectivity index (χ2v) is 32.0. The maximum absolute atomic E-state index is 2.65. The summed E-state index contributed by atoms with van der Waals surface area (Å²) in [5.41, 5.74) is 5.31. The molecule has 1 aromatic rings. The molecule has 0 saturated heterocycles. The van der Waals surface area contributed by atoms with E-state index in [0.717, 1.165) is 0 Å². The molecular formula is C19H43ClSi4Zr. The summed E-state index contributed by atoms with van der Waals surface area (Å²) in [4.78, 5) is 0.